The molecule has 4 aromatic rings. The van der Waals surface area contributed by atoms with Crippen LogP contribution in [0.25, 0.3) is 32.8 Å². The summed E-state index contributed by atoms with van der Waals surface area (Å²) in [5.41, 5.74) is -2.84. The van der Waals surface area contributed by atoms with E-state index in [0.29, 0.717) is 50.2 Å². The zero-order valence-electron chi connectivity index (χ0n) is 26.4. The van der Waals surface area contributed by atoms with E-state index in [2.05, 4.69) is 21.1 Å². The molecule has 3 aromatic carbocycles. The number of nitrogens with one attached hydrogen (secondary N) is 1. The highest BCUT2D eigenvalue weighted by molar-refractivity contribution is 6.06. The number of benzene rings is 3. The van der Waals surface area contributed by atoms with Crippen molar-refractivity contribution in [1.82, 2.24) is 20.2 Å². The first kappa shape index (κ1) is 30.5. The summed E-state index contributed by atoms with van der Waals surface area (Å²) in [6.45, 7) is 2.15. The second-order valence-electron chi connectivity index (χ2n) is 14.5. The maximum absolute atomic E-state index is 17.2. The van der Waals surface area contributed by atoms with E-state index < -0.39 is 39.1 Å². The van der Waals surface area contributed by atoms with E-state index >= 15 is 4.39 Å². The minimum atomic E-state index is -2.70. The van der Waals surface area contributed by atoms with Crippen molar-refractivity contribution < 1.29 is 27.2 Å². The first-order valence-electron chi connectivity index (χ1n) is 16.6. The molecule has 13 heteroatoms. The molecule has 49 heavy (non-hydrogen) atoms. The first-order chi connectivity index (χ1) is 23.5. The molecule has 2 unspecified atom stereocenters. The van der Waals surface area contributed by atoms with Gasteiger partial charge >= 0.3 is 6.01 Å². The molecule has 2 bridgehead atoms. The van der Waals surface area contributed by atoms with Gasteiger partial charge in [0.2, 0.25) is 0 Å². The minimum absolute atomic E-state index is 0.0537. The van der Waals surface area contributed by atoms with Gasteiger partial charge in [0.25, 0.3) is 11.6 Å². The highest BCUT2D eigenvalue weighted by atomic mass is 19.3. The lowest BCUT2D eigenvalue weighted by atomic mass is 9.89. The summed E-state index contributed by atoms with van der Waals surface area (Å²) < 4.78 is 67.4. The van der Waals surface area contributed by atoms with Gasteiger partial charge in [0, 0.05) is 55.2 Å². The number of hydrogen-bond acceptors (Lipinski definition) is 8. The van der Waals surface area contributed by atoms with E-state index in [-0.39, 0.29) is 64.1 Å². The van der Waals surface area contributed by atoms with Crippen molar-refractivity contribution in [2.75, 3.05) is 37.7 Å². The molecular weight excluding hydrogens is 640 g/mol. The summed E-state index contributed by atoms with van der Waals surface area (Å²) in [5, 5.41) is 17.0. The molecule has 1 aromatic heterocycles. The highest BCUT2D eigenvalue weighted by Gasteiger charge is 2.77. The molecule has 5 aliphatic rings. The molecule has 252 valence electrons. The smallest absolute Gasteiger partial charge is 0.319 e. The summed E-state index contributed by atoms with van der Waals surface area (Å²) in [4.78, 5) is 25.3. The Labute approximate surface area is 278 Å². The second kappa shape index (κ2) is 10.5. The minimum Gasteiger partial charge on any atom is -0.461 e. The Bertz CT molecular complexity index is 2130. The van der Waals surface area contributed by atoms with E-state index in [1.165, 1.54) is 24.3 Å². The zero-order chi connectivity index (χ0) is 33.9. The van der Waals surface area contributed by atoms with Gasteiger partial charge in [-0.2, -0.15) is 9.97 Å². The molecule has 0 radical (unpaired) electrons. The molecule has 4 atom stereocenters. The number of anilines is 1. The largest absolute Gasteiger partial charge is 0.461 e. The van der Waals surface area contributed by atoms with Crippen molar-refractivity contribution in [2.45, 2.75) is 62.1 Å². The number of rotatable bonds is 6. The summed E-state index contributed by atoms with van der Waals surface area (Å²) in [6, 6.07) is 8.92. The van der Waals surface area contributed by atoms with Crippen molar-refractivity contribution in [3.8, 4) is 29.5 Å². The number of hydrogen-bond donors (Lipinski definition) is 1. The van der Waals surface area contributed by atoms with Crippen molar-refractivity contribution in [3.63, 3.8) is 0 Å². The Morgan fingerprint density at radius 1 is 1.12 bits per heavy atom. The maximum Gasteiger partial charge on any atom is 0.319 e. The molecular formula is C36H32F4N6O3. The number of piperazine rings is 1. The number of ether oxygens (including phenoxy) is 1. The molecule has 1 N–H and O–H groups in total. The molecule has 1 saturated carbocycles. The fourth-order valence-electron chi connectivity index (χ4n) is 9.21. The standard InChI is InChI=1S/C36H32F4N6O3/c1-2-23-26(37)10-7-20-5-3-6-24(28(20)23)29-27(46(47)48)13-25-31(30(29)38)42-33(43-32(25)44-14-21-8-9-22(15-44)41-21)49-19-35-11-4-12-45(35)18-34(16-35)17-36(34,39)40/h1,3,5-7,10,13,21-22,41H,4,8-9,11-12,14-19H2/t21-,22+,34?,35?. The van der Waals surface area contributed by atoms with Crippen LogP contribution in [0.4, 0.5) is 29.1 Å². The summed E-state index contributed by atoms with van der Waals surface area (Å²) in [7, 11) is 0. The molecule has 9 nitrogen and oxygen atoms in total. The van der Waals surface area contributed by atoms with Crippen molar-refractivity contribution in [3.05, 3.63) is 63.7 Å². The van der Waals surface area contributed by atoms with Crippen LogP contribution in [0.3, 0.4) is 0 Å². The SMILES string of the molecule is C#Cc1c(F)ccc2cccc(-c3c([N+](=O)[O-])cc4c(N5C[C@H]6CC[C@@H](C5)N6)nc(OCC56CCCN5CC5(C6)CC5(F)F)nc4c3F)c12. The number of nitrogens with zero attached hydrogens (tertiary/aromatic N) is 5. The Morgan fingerprint density at radius 2 is 1.90 bits per heavy atom. The van der Waals surface area contributed by atoms with E-state index in [4.69, 9.17) is 16.1 Å². The van der Waals surface area contributed by atoms with Crippen molar-refractivity contribution in [1.29, 1.82) is 0 Å². The fourth-order valence-corrected chi connectivity index (χ4v) is 9.21. The number of nitro groups is 1. The summed E-state index contributed by atoms with van der Waals surface area (Å²) in [5.74, 6) is -1.77. The fraction of sp³-hybridized carbons (Fsp3) is 0.444. The van der Waals surface area contributed by atoms with Crippen molar-refractivity contribution >= 4 is 33.2 Å². The van der Waals surface area contributed by atoms with Crippen LogP contribution in [0.5, 0.6) is 6.01 Å². The molecule has 5 heterocycles. The number of nitro benzene ring substituents is 1. The van der Waals surface area contributed by atoms with Crippen LogP contribution >= 0.6 is 0 Å². The van der Waals surface area contributed by atoms with Gasteiger partial charge in [-0.25, -0.2) is 17.6 Å². The number of alkyl halides is 2. The normalized spacial score (nSPS) is 28.3. The molecule has 1 aliphatic carbocycles. The van der Waals surface area contributed by atoms with Gasteiger partial charge in [0.05, 0.1) is 32.4 Å². The average Bonchev–Trinajstić information content (AvgIpc) is 3.40. The Balaban J connectivity index is 1.21. The molecule has 4 aliphatic heterocycles. The second-order valence-corrected chi connectivity index (χ2v) is 14.5. The zero-order valence-corrected chi connectivity index (χ0v) is 26.4. The predicted octanol–water partition coefficient (Wildman–Crippen LogP) is 6.20. The van der Waals surface area contributed by atoms with E-state index in [0.717, 1.165) is 19.3 Å². The maximum atomic E-state index is 17.2. The van der Waals surface area contributed by atoms with Gasteiger partial charge in [-0.05, 0) is 50.1 Å². The summed E-state index contributed by atoms with van der Waals surface area (Å²) >= 11 is 0. The third-order valence-corrected chi connectivity index (χ3v) is 11.6. The Morgan fingerprint density at radius 3 is 2.61 bits per heavy atom. The topological polar surface area (TPSA) is 96.7 Å². The number of aromatic nitrogens is 2. The lowest BCUT2D eigenvalue weighted by molar-refractivity contribution is -0.384. The average molecular weight is 673 g/mol. The van der Waals surface area contributed by atoms with Crippen LogP contribution in [-0.4, -0.2) is 76.1 Å². The van der Waals surface area contributed by atoms with Crippen LogP contribution in [-0.2, 0) is 0 Å². The van der Waals surface area contributed by atoms with E-state index in [1.54, 1.807) is 12.1 Å². The first-order valence-corrected chi connectivity index (χ1v) is 16.6. The van der Waals surface area contributed by atoms with Crippen LogP contribution in [0.2, 0.25) is 0 Å². The number of terminal acetylenes is 1. The quantitative estimate of drug-likeness (QED) is 0.112. The highest BCUT2D eigenvalue weighted by Crippen LogP contribution is 2.69. The van der Waals surface area contributed by atoms with Crippen LogP contribution in [0.15, 0.2) is 36.4 Å². The molecule has 9 rings (SSSR count). The molecule has 4 saturated heterocycles. The van der Waals surface area contributed by atoms with Gasteiger partial charge in [-0.1, -0.05) is 30.2 Å². The van der Waals surface area contributed by atoms with E-state index in [9.17, 15) is 23.3 Å². The number of fused-ring (bicyclic) bond motifs is 5. The van der Waals surface area contributed by atoms with Crippen LogP contribution in [0.1, 0.15) is 44.1 Å². The van der Waals surface area contributed by atoms with Gasteiger partial charge in [0.1, 0.15) is 23.8 Å². The van der Waals surface area contributed by atoms with E-state index in [1.807, 2.05) is 4.90 Å². The van der Waals surface area contributed by atoms with Crippen LogP contribution < -0.4 is 15.0 Å². The van der Waals surface area contributed by atoms with Gasteiger partial charge in [0.15, 0.2) is 5.82 Å². The monoisotopic (exact) mass is 672 g/mol. The predicted molar refractivity (Wildman–Crippen MR) is 175 cm³/mol. The lowest BCUT2D eigenvalue weighted by Crippen LogP contribution is -2.51. The summed E-state index contributed by atoms with van der Waals surface area (Å²) in [6.07, 6.45) is 9.29. The van der Waals surface area contributed by atoms with Gasteiger partial charge in [-0.3, -0.25) is 15.0 Å². The Hall–Kier alpha value is -4.54. The van der Waals surface area contributed by atoms with Crippen LogP contribution in [0, 0.1) is 39.5 Å². The third-order valence-electron chi connectivity index (χ3n) is 11.6. The van der Waals surface area contributed by atoms with Gasteiger partial charge in [-0.15, -0.1) is 6.42 Å². The van der Waals surface area contributed by atoms with Crippen molar-refractivity contribution in [2.24, 2.45) is 5.41 Å². The molecule has 1 spiro atoms. The third kappa shape index (κ3) is 4.53. The molecule has 0 amide bonds. The lowest BCUT2D eigenvalue weighted by Gasteiger charge is -2.34. The Kier molecular flexibility index (Phi) is 6.53. The number of halogens is 4. The van der Waals surface area contributed by atoms with Gasteiger partial charge < -0.3 is 15.0 Å². The molecule has 5 fully saturated rings.